The summed E-state index contributed by atoms with van der Waals surface area (Å²) in [5.74, 6) is -1.88. The van der Waals surface area contributed by atoms with Crippen LogP contribution in [-0.4, -0.2) is 38.3 Å². The number of furan rings is 2. The summed E-state index contributed by atoms with van der Waals surface area (Å²) < 4.78 is 46.7. The number of sulfonamides is 1. The Hall–Kier alpha value is -4.41. The molecular weight excluding hydrogens is 556 g/mol. The summed E-state index contributed by atoms with van der Waals surface area (Å²) in [5.41, 5.74) is 4.35. The normalized spacial score (nSPS) is 17.7. The largest absolute Gasteiger partial charge is 0.472 e. The van der Waals surface area contributed by atoms with Crippen LogP contribution >= 0.6 is 0 Å². The molecule has 10 heteroatoms. The lowest BCUT2D eigenvalue weighted by Crippen LogP contribution is -2.60. The Morgan fingerprint density at radius 3 is 2.40 bits per heavy atom. The van der Waals surface area contributed by atoms with Crippen LogP contribution in [0.2, 0.25) is 0 Å². The number of allylic oxidation sites excluding steroid dienone is 2. The predicted molar refractivity (Wildman–Crippen MR) is 160 cm³/mol. The van der Waals surface area contributed by atoms with Crippen LogP contribution in [0.4, 0.5) is 0 Å². The minimum atomic E-state index is -4.41. The first-order valence-corrected chi connectivity index (χ1v) is 15.0. The Kier molecular flexibility index (Phi) is 7.94. The molecule has 0 saturated heterocycles. The van der Waals surface area contributed by atoms with Crippen LogP contribution in [0, 0.1) is 12.8 Å². The molecule has 218 valence electrons. The number of methoxy groups -OCH3 is 1. The fourth-order valence-corrected chi connectivity index (χ4v) is 6.80. The number of amides is 1. The van der Waals surface area contributed by atoms with Gasteiger partial charge in [0.25, 0.3) is 5.91 Å². The number of hydrogen-bond acceptors (Lipinski definition) is 7. The van der Waals surface area contributed by atoms with Crippen LogP contribution in [0.25, 0.3) is 27.7 Å². The maximum atomic E-state index is 14.1. The van der Waals surface area contributed by atoms with E-state index < -0.39 is 38.7 Å². The van der Waals surface area contributed by atoms with E-state index in [1.54, 1.807) is 51.5 Å². The Bertz CT molecular complexity index is 1780. The van der Waals surface area contributed by atoms with Gasteiger partial charge in [0.15, 0.2) is 10.6 Å². The summed E-state index contributed by atoms with van der Waals surface area (Å²) in [6, 6.07) is 15.6. The lowest BCUT2D eigenvalue weighted by Gasteiger charge is -2.34. The second kappa shape index (κ2) is 11.5. The molecule has 2 atom stereocenters. The van der Waals surface area contributed by atoms with Crippen LogP contribution in [0.5, 0.6) is 0 Å². The van der Waals surface area contributed by atoms with Gasteiger partial charge in [-0.25, -0.2) is 8.42 Å². The van der Waals surface area contributed by atoms with Crippen molar-refractivity contribution in [3.05, 3.63) is 102 Å². The van der Waals surface area contributed by atoms with Gasteiger partial charge in [-0.1, -0.05) is 68.5 Å². The third kappa shape index (κ3) is 5.31. The van der Waals surface area contributed by atoms with Crippen molar-refractivity contribution in [3.63, 3.8) is 0 Å². The molecule has 0 bridgehead atoms. The van der Waals surface area contributed by atoms with E-state index in [-0.39, 0.29) is 12.2 Å². The maximum absolute atomic E-state index is 14.1. The number of carbonyl (C=O) groups excluding carboxylic acids is 2. The second-order valence-electron chi connectivity index (χ2n) is 10.5. The second-order valence-corrected chi connectivity index (χ2v) is 12.5. The van der Waals surface area contributed by atoms with Gasteiger partial charge in [0.1, 0.15) is 11.6 Å². The lowest BCUT2D eigenvalue weighted by molar-refractivity contribution is -0.143. The van der Waals surface area contributed by atoms with Crippen molar-refractivity contribution in [2.24, 2.45) is 5.92 Å². The van der Waals surface area contributed by atoms with Crippen molar-refractivity contribution in [2.45, 2.75) is 38.1 Å². The highest BCUT2D eigenvalue weighted by Crippen LogP contribution is 2.36. The molecule has 4 aromatic rings. The molecule has 0 saturated carbocycles. The van der Waals surface area contributed by atoms with Gasteiger partial charge < -0.3 is 18.9 Å². The molecule has 1 amide bonds. The quantitative estimate of drug-likeness (QED) is 0.244. The topological polar surface area (TPSA) is 128 Å². The van der Waals surface area contributed by atoms with Gasteiger partial charge in [0.05, 0.1) is 19.6 Å². The number of fused-ring (bicyclic) bond motifs is 1. The smallest absolute Gasteiger partial charge is 0.324 e. The van der Waals surface area contributed by atoms with Gasteiger partial charge in [-0.2, -0.15) is 4.72 Å². The van der Waals surface area contributed by atoms with Crippen molar-refractivity contribution in [1.29, 1.82) is 0 Å². The Morgan fingerprint density at radius 1 is 1.02 bits per heavy atom. The van der Waals surface area contributed by atoms with Gasteiger partial charge in [0, 0.05) is 22.9 Å². The molecule has 1 unspecified atom stereocenters. The highest BCUT2D eigenvalue weighted by molar-refractivity contribution is 7.91. The molecule has 42 heavy (non-hydrogen) atoms. The molecule has 2 aromatic heterocycles. The molecule has 0 spiro atoms. The number of ether oxygens (including phenoxy) is 1. The molecule has 2 N–H and O–H groups in total. The van der Waals surface area contributed by atoms with E-state index in [1.807, 2.05) is 48.5 Å². The Balaban J connectivity index is 1.55. The summed E-state index contributed by atoms with van der Waals surface area (Å²) in [6.45, 7) is 5.16. The fourth-order valence-electron chi connectivity index (χ4n) is 5.11. The van der Waals surface area contributed by atoms with E-state index in [0.717, 1.165) is 27.6 Å². The van der Waals surface area contributed by atoms with Crippen molar-refractivity contribution in [1.82, 2.24) is 10.0 Å². The summed E-state index contributed by atoms with van der Waals surface area (Å²) in [5, 5.41) is 3.45. The first-order valence-electron chi connectivity index (χ1n) is 13.5. The van der Waals surface area contributed by atoms with Gasteiger partial charge in [0.2, 0.25) is 10.0 Å². The number of benzene rings is 2. The van der Waals surface area contributed by atoms with E-state index >= 15 is 0 Å². The monoisotopic (exact) mass is 588 g/mol. The third-order valence-electron chi connectivity index (χ3n) is 7.47. The molecule has 0 fully saturated rings. The zero-order valence-electron chi connectivity index (χ0n) is 23.7. The molecule has 1 aliphatic carbocycles. The average molecular weight is 589 g/mol. The van der Waals surface area contributed by atoms with Crippen molar-refractivity contribution in [2.75, 3.05) is 7.11 Å². The maximum Gasteiger partial charge on any atom is 0.324 e. The molecule has 1 aliphatic rings. The van der Waals surface area contributed by atoms with Gasteiger partial charge in [-0.3, -0.25) is 9.59 Å². The molecule has 0 radical (unpaired) electrons. The number of nitrogens with one attached hydrogen (secondary N) is 2. The summed E-state index contributed by atoms with van der Waals surface area (Å²) in [6.07, 6.45) is 7.91. The van der Waals surface area contributed by atoms with E-state index in [2.05, 4.69) is 10.0 Å². The summed E-state index contributed by atoms with van der Waals surface area (Å²) in [4.78, 5) is 24.4. The van der Waals surface area contributed by atoms with Crippen molar-refractivity contribution in [3.8, 4) is 11.1 Å². The van der Waals surface area contributed by atoms with Crippen LogP contribution < -0.4 is 10.0 Å². The van der Waals surface area contributed by atoms with E-state index in [0.29, 0.717) is 11.1 Å². The fraction of sp³-hybridized carbons (Fsp3) is 0.250. The minimum Gasteiger partial charge on any atom is -0.472 e. The number of esters is 1. The third-order valence-corrected chi connectivity index (χ3v) is 9.39. The van der Waals surface area contributed by atoms with Crippen molar-refractivity contribution < 1.29 is 31.6 Å². The van der Waals surface area contributed by atoms with Crippen molar-refractivity contribution >= 4 is 38.4 Å². The number of rotatable bonds is 9. The highest BCUT2D eigenvalue weighted by atomic mass is 32.2. The van der Waals surface area contributed by atoms with Crippen LogP contribution in [0.3, 0.4) is 0 Å². The van der Waals surface area contributed by atoms with Gasteiger partial charge in [-0.15, -0.1) is 0 Å². The lowest BCUT2D eigenvalue weighted by atomic mass is 9.96. The van der Waals surface area contributed by atoms with Gasteiger partial charge >= 0.3 is 5.97 Å². The Labute approximate surface area is 244 Å². The Morgan fingerprint density at radius 2 is 1.79 bits per heavy atom. The first kappa shape index (κ1) is 29.1. The van der Waals surface area contributed by atoms with Crippen LogP contribution in [0.1, 0.15) is 41.9 Å². The van der Waals surface area contributed by atoms with E-state index in [9.17, 15) is 18.0 Å². The van der Waals surface area contributed by atoms with Crippen LogP contribution in [-0.2, 0) is 19.6 Å². The summed E-state index contributed by atoms with van der Waals surface area (Å²) >= 11 is 0. The zero-order valence-corrected chi connectivity index (χ0v) is 24.5. The molecule has 5 rings (SSSR count). The molecule has 2 aromatic carbocycles. The predicted octanol–water partition coefficient (Wildman–Crippen LogP) is 5.59. The van der Waals surface area contributed by atoms with Gasteiger partial charge in [-0.05, 0) is 47.8 Å². The molecule has 9 nitrogen and oxygen atoms in total. The molecular formula is C32H32N2O7S. The average Bonchev–Trinajstić information content (AvgIpc) is 3.65. The first-order chi connectivity index (χ1) is 20.1. The van der Waals surface area contributed by atoms with E-state index in [4.69, 9.17) is 13.6 Å². The summed E-state index contributed by atoms with van der Waals surface area (Å²) in [7, 11) is -3.21. The molecule has 2 heterocycles. The minimum absolute atomic E-state index is 0.0184. The van der Waals surface area contributed by atoms with E-state index in [1.165, 1.54) is 13.2 Å². The van der Waals surface area contributed by atoms with Crippen LogP contribution in [0.15, 0.2) is 94.2 Å². The zero-order chi connectivity index (χ0) is 30.1. The number of hydrogen-bond donors (Lipinski definition) is 2. The number of aryl methyl sites for hydroxylation is 1. The SMILES string of the molecule is COC(=O)[C@@H](NS(=O)(=O)C1(NC(=O)c2oc3cccc(-c4ccoc4)c3c2C)C=CC(c2ccccc2)=CC1)C(C)C. The number of carbonyl (C=O) groups is 2. The standard InChI is InChI=1S/C32H32N2O7S/c1-20(2)28(31(36)39-4)34-42(37,38)32(16-13-23(14-17-32)22-9-6-5-7-10-22)33-30(35)29-21(3)27-25(24-15-18-40-19-24)11-8-12-26(27)41-29/h5-16,18-20,28,34H,17H2,1-4H3,(H,33,35)/t28-,32?/m0/s1. The molecule has 0 aliphatic heterocycles. The highest BCUT2D eigenvalue weighted by Gasteiger charge is 2.47.